The number of nitrogens with zero attached hydrogens (tertiary/aromatic N) is 3. The van der Waals surface area contributed by atoms with Crippen molar-refractivity contribution >= 4 is 23.1 Å². The molecule has 1 aromatic carbocycles. The molecule has 0 spiro atoms. The molecule has 2 rings (SSSR count). The molecule has 0 radical (unpaired) electrons. The normalized spacial score (nSPS) is 11.5. The Bertz CT molecular complexity index is 525. The third-order valence-corrected chi connectivity index (χ3v) is 2.45. The van der Waals surface area contributed by atoms with E-state index in [0.717, 1.165) is 16.8 Å². The molecule has 17 heavy (non-hydrogen) atoms. The number of aliphatic imine (C=N–C) groups is 1. The first-order valence-corrected chi connectivity index (χ1v) is 5.58. The van der Waals surface area contributed by atoms with Crippen LogP contribution in [-0.4, -0.2) is 21.7 Å². The number of rotatable bonds is 3. The standard InChI is InChI=1S/C12H11ClN4/c13-5-12(14)17-11-4-2-1-3-10(11)9-6-15-8-16-7-9/h1-4,6-8H,5H2,(H2,14,17). The van der Waals surface area contributed by atoms with Gasteiger partial charge in [0.1, 0.15) is 12.2 Å². The van der Waals surface area contributed by atoms with Crippen LogP contribution >= 0.6 is 11.6 Å². The molecular formula is C12H11ClN4. The summed E-state index contributed by atoms with van der Waals surface area (Å²) in [7, 11) is 0. The van der Waals surface area contributed by atoms with Gasteiger partial charge >= 0.3 is 0 Å². The number of halogens is 1. The Morgan fingerprint density at radius 3 is 2.65 bits per heavy atom. The summed E-state index contributed by atoms with van der Waals surface area (Å²) in [6, 6.07) is 7.65. The van der Waals surface area contributed by atoms with Crippen molar-refractivity contribution in [1.82, 2.24) is 9.97 Å². The molecule has 2 aromatic rings. The highest BCUT2D eigenvalue weighted by Gasteiger charge is 2.04. The average molecular weight is 247 g/mol. The molecule has 5 heteroatoms. The summed E-state index contributed by atoms with van der Waals surface area (Å²) in [5, 5.41) is 0. The fraction of sp³-hybridized carbons (Fsp3) is 0.0833. The third kappa shape index (κ3) is 2.79. The average Bonchev–Trinajstić information content (AvgIpc) is 2.40. The van der Waals surface area contributed by atoms with Gasteiger partial charge in [-0.25, -0.2) is 15.0 Å². The second-order valence-corrected chi connectivity index (χ2v) is 3.65. The maximum atomic E-state index is 5.64. The Morgan fingerprint density at radius 1 is 1.24 bits per heavy atom. The van der Waals surface area contributed by atoms with Crippen LogP contribution in [-0.2, 0) is 0 Å². The zero-order valence-electron chi connectivity index (χ0n) is 9.05. The molecule has 1 heterocycles. The molecule has 0 saturated heterocycles. The van der Waals surface area contributed by atoms with Gasteiger partial charge in [-0.3, -0.25) is 0 Å². The molecule has 0 aliphatic heterocycles. The molecule has 0 aliphatic carbocycles. The van der Waals surface area contributed by atoms with Crippen molar-refractivity contribution < 1.29 is 0 Å². The van der Waals surface area contributed by atoms with Crippen molar-refractivity contribution in [3.05, 3.63) is 43.0 Å². The van der Waals surface area contributed by atoms with Gasteiger partial charge in [0.25, 0.3) is 0 Å². The van der Waals surface area contributed by atoms with Crippen LogP contribution in [0, 0.1) is 0 Å². The molecule has 0 unspecified atom stereocenters. The number of alkyl halides is 1. The number of amidine groups is 1. The van der Waals surface area contributed by atoms with E-state index in [4.69, 9.17) is 17.3 Å². The lowest BCUT2D eigenvalue weighted by Crippen LogP contribution is -2.12. The van der Waals surface area contributed by atoms with E-state index in [0.29, 0.717) is 5.84 Å². The number of benzene rings is 1. The first kappa shape index (κ1) is 11.5. The Hall–Kier alpha value is -1.94. The Morgan fingerprint density at radius 2 is 1.94 bits per heavy atom. The Labute approximate surface area is 104 Å². The molecule has 2 N–H and O–H groups in total. The maximum Gasteiger partial charge on any atom is 0.115 e. The second-order valence-electron chi connectivity index (χ2n) is 3.38. The summed E-state index contributed by atoms with van der Waals surface area (Å²) in [4.78, 5) is 12.2. The summed E-state index contributed by atoms with van der Waals surface area (Å²) in [5.74, 6) is 0.593. The van der Waals surface area contributed by atoms with Crippen molar-refractivity contribution in [2.24, 2.45) is 10.7 Å². The fourth-order valence-corrected chi connectivity index (χ4v) is 1.50. The lowest BCUT2D eigenvalue weighted by Gasteiger charge is -2.05. The summed E-state index contributed by atoms with van der Waals surface area (Å²) in [6.07, 6.45) is 4.96. The molecule has 4 nitrogen and oxygen atoms in total. The van der Waals surface area contributed by atoms with Crippen LogP contribution in [0.15, 0.2) is 48.0 Å². The van der Waals surface area contributed by atoms with Crippen molar-refractivity contribution in [2.45, 2.75) is 0 Å². The van der Waals surface area contributed by atoms with Gasteiger partial charge in [0.2, 0.25) is 0 Å². The second kappa shape index (κ2) is 5.41. The van der Waals surface area contributed by atoms with Crippen LogP contribution in [0.25, 0.3) is 11.1 Å². The van der Waals surface area contributed by atoms with Crippen LogP contribution in [0.3, 0.4) is 0 Å². The van der Waals surface area contributed by atoms with Gasteiger partial charge in [-0.15, -0.1) is 11.6 Å². The van der Waals surface area contributed by atoms with Gasteiger partial charge in [-0.1, -0.05) is 18.2 Å². The van der Waals surface area contributed by atoms with Crippen LogP contribution in [0.2, 0.25) is 0 Å². The number of aromatic nitrogens is 2. The van der Waals surface area contributed by atoms with E-state index in [-0.39, 0.29) is 5.88 Å². The lowest BCUT2D eigenvalue weighted by atomic mass is 10.1. The smallest absolute Gasteiger partial charge is 0.115 e. The predicted molar refractivity (Wildman–Crippen MR) is 69.5 cm³/mol. The maximum absolute atomic E-state index is 5.64. The van der Waals surface area contributed by atoms with E-state index in [1.807, 2.05) is 24.3 Å². The van der Waals surface area contributed by atoms with Crippen LogP contribution in [0.4, 0.5) is 5.69 Å². The van der Waals surface area contributed by atoms with Crippen molar-refractivity contribution in [3.63, 3.8) is 0 Å². The number of nitrogens with two attached hydrogens (primary N) is 1. The minimum atomic E-state index is 0.208. The quantitative estimate of drug-likeness (QED) is 0.514. The molecule has 0 atom stereocenters. The minimum absolute atomic E-state index is 0.208. The highest BCUT2D eigenvalue weighted by Crippen LogP contribution is 2.28. The van der Waals surface area contributed by atoms with E-state index in [1.165, 1.54) is 6.33 Å². The third-order valence-electron chi connectivity index (χ3n) is 2.18. The number of hydrogen-bond acceptors (Lipinski definition) is 3. The SMILES string of the molecule is NC(CCl)=Nc1ccccc1-c1cncnc1. The summed E-state index contributed by atoms with van der Waals surface area (Å²) >= 11 is 5.62. The monoisotopic (exact) mass is 246 g/mol. The van der Waals surface area contributed by atoms with E-state index in [2.05, 4.69) is 15.0 Å². The number of hydrogen-bond donors (Lipinski definition) is 1. The summed E-state index contributed by atoms with van der Waals surface area (Å²) in [6.45, 7) is 0. The van der Waals surface area contributed by atoms with Gasteiger partial charge in [0.05, 0.1) is 11.6 Å². The molecule has 0 bridgehead atoms. The van der Waals surface area contributed by atoms with Crippen molar-refractivity contribution in [2.75, 3.05) is 5.88 Å². The first-order valence-electron chi connectivity index (χ1n) is 5.04. The van der Waals surface area contributed by atoms with Gasteiger partial charge in [-0.2, -0.15) is 0 Å². The highest BCUT2D eigenvalue weighted by atomic mass is 35.5. The molecular weight excluding hydrogens is 236 g/mol. The van der Waals surface area contributed by atoms with Crippen molar-refractivity contribution in [3.8, 4) is 11.1 Å². The highest BCUT2D eigenvalue weighted by molar-refractivity contribution is 6.28. The molecule has 0 aliphatic rings. The zero-order chi connectivity index (χ0) is 12.1. The number of para-hydroxylation sites is 1. The van der Waals surface area contributed by atoms with E-state index >= 15 is 0 Å². The van der Waals surface area contributed by atoms with Gasteiger partial charge in [-0.05, 0) is 6.07 Å². The lowest BCUT2D eigenvalue weighted by molar-refractivity contribution is 1.17. The van der Waals surface area contributed by atoms with E-state index < -0.39 is 0 Å². The van der Waals surface area contributed by atoms with E-state index in [9.17, 15) is 0 Å². The zero-order valence-corrected chi connectivity index (χ0v) is 9.80. The molecule has 86 valence electrons. The Balaban J connectivity index is 2.49. The molecule has 0 saturated carbocycles. The van der Waals surface area contributed by atoms with Crippen LogP contribution in [0.5, 0.6) is 0 Å². The van der Waals surface area contributed by atoms with E-state index in [1.54, 1.807) is 12.4 Å². The van der Waals surface area contributed by atoms with Crippen LogP contribution < -0.4 is 5.73 Å². The predicted octanol–water partition coefficient (Wildman–Crippen LogP) is 2.37. The Kier molecular flexibility index (Phi) is 3.67. The largest absolute Gasteiger partial charge is 0.386 e. The van der Waals surface area contributed by atoms with Crippen LogP contribution in [0.1, 0.15) is 0 Å². The van der Waals surface area contributed by atoms with Gasteiger partial charge in [0, 0.05) is 23.5 Å². The summed E-state index contributed by atoms with van der Waals surface area (Å²) in [5.41, 5.74) is 8.23. The van der Waals surface area contributed by atoms with Gasteiger partial charge in [0.15, 0.2) is 0 Å². The minimum Gasteiger partial charge on any atom is -0.386 e. The summed E-state index contributed by atoms with van der Waals surface area (Å²) < 4.78 is 0. The fourth-order valence-electron chi connectivity index (χ4n) is 1.44. The van der Waals surface area contributed by atoms with Crippen molar-refractivity contribution in [1.29, 1.82) is 0 Å². The first-order chi connectivity index (χ1) is 8.31. The molecule has 0 amide bonds. The molecule has 0 fully saturated rings. The molecule has 1 aromatic heterocycles. The topological polar surface area (TPSA) is 64.2 Å². The van der Waals surface area contributed by atoms with Gasteiger partial charge < -0.3 is 5.73 Å².